The molecule has 6 heteroatoms. The van der Waals surface area contributed by atoms with E-state index in [1.165, 1.54) is 6.07 Å². The Bertz CT molecular complexity index is 439. The number of hydrogen-bond donors (Lipinski definition) is 1. The number of nitro groups is 1. The second-order valence-corrected chi connectivity index (χ2v) is 4.17. The molecular weight excluding hydrogens is 225 g/mol. The van der Waals surface area contributed by atoms with E-state index >= 15 is 0 Å². The molecule has 1 heterocycles. The van der Waals surface area contributed by atoms with E-state index in [4.69, 9.17) is 0 Å². The van der Waals surface area contributed by atoms with E-state index < -0.39 is 16.4 Å². The highest BCUT2D eigenvalue weighted by molar-refractivity contribution is 5.64. The Hall–Kier alpha value is -1.69. The molecule has 1 atom stereocenters. The van der Waals surface area contributed by atoms with Gasteiger partial charge in [0.15, 0.2) is 0 Å². The second-order valence-electron chi connectivity index (χ2n) is 4.17. The average molecular weight is 239 g/mol. The first-order valence-electron chi connectivity index (χ1n) is 5.51. The SMILES string of the molecule is C[C@H]1CN(c2cccc(F)c2[N+](=O)[O-])CCN1. The van der Waals surface area contributed by atoms with Gasteiger partial charge in [-0.1, -0.05) is 6.07 Å². The number of para-hydroxylation sites is 1. The molecule has 1 aromatic carbocycles. The van der Waals surface area contributed by atoms with Crippen LogP contribution in [0.3, 0.4) is 0 Å². The largest absolute Gasteiger partial charge is 0.363 e. The number of nitrogens with one attached hydrogen (secondary N) is 1. The van der Waals surface area contributed by atoms with Crippen LogP contribution in [0.4, 0.5) is 15.8 Å². The van der Waals surface area contributed by atoms with Crippen LogP contribution in [-0.2, 0) is 0 Å². The van der Waals surface area contributed by atoms with Gasteiger partial charge in [0.1, 0.15) is 5.69 Å². The Labute approximate surface area is 98.4 Å². The molecule has 0 radical (unpaired) electrons. The van der Waals surface area contributed by atoms with E-state index in [-0.39, 0.29) is 6.04 Å². The molecule has 0 amide bonds. The molecule has 0 saturated carbocycles. The summed E-state index contributed by atoms with van der Waals surface area (Å²) in [6.07, 6.45) is 0. The predicted octanol–water partition coefficient (Wildman–Crippen LogP) is 1.53. The van der Waals surface area contributed by atoms with Crippen LogP contribution >= 0.6 is 0 Å². The normalized spacial score (nSPS) is 20.4. The first-order valence-corrected chi connectivity index (χ1v) is 5.51. The van der Waals surface area contributed by atoms with Crippen LogP contribution in [0, 0.1) is 15.9 Å². The summed E-state index contributed by atoms with van der Waals surface area (Å²) in [4.78, 5) is 12.1. The summed E-state index contributed by atoms with van der Waals surface area (Å²) < 4.78 is 13.5. The van der Waals surface area contributed by atoms with Crippen molar-refractivity contribution < 1.29 is 9.31 Å². The molecule has 0 unspecified atom stereocenters. The van der Waals surface area contributed by atoms with E-state index in [0.29, 0.717) is 18.8 Å². The van der Waals surface area contributed by atoms with Gasteiger partial charge in [-0.3, -0.25) is 10.1 Å². The number of rotatable bonds is 2. The fourth-order valence-corrected chi connectivity index (χ4v) is 2.09. The Morgan fingerprint density at radius 1 is 1.59 bits per heavy atom. The predicted molar refractivity (Wildman–Crippen MR) is 62.7 cm³/mol. The minimum Gasteiger partial charge on any atom is -0.363 e. The van der Waals surface area contributed by atoms with Crippen molar-refractivity contribution in [2.45, 2.75) is 13.0 Å². The molecule has 1 aliphatic heterocycles. The third kappa shape index (κ3) is 2.36. The number of anilines is 1. The van der Waals surface area contributed by atoms with Crippen molar-refractivity contribution in [1.82, 2.24) is 5.32 Å². The highest BCUT2D eigenvalue weighted by Crippen LogP contribution is 2.31. The van der Waals surface area contributed by atoms with Crippen molar-refractivity contribution in [2.24, 2.45) is 0 Å². The lowest BCUT2D eigenvalue weighted by Gasteiger charge is -2.33. The summed E-state index contributed by atoms with van der Waals surface area (Å²) in [7, 11) is 0. The molecule has 1 aliphatic rings. The van der Waals surface area contributed by atoms with Crippen LogP contribution in [0.15, 0.2) is 18.2 Å². The lowest BCUT2D eigenvalue weighted by atomic mass is 10.1. The zero-order valence-electron chi connectivity index (χ0n) is 9.52. The monoisotopic (exact) mass is 239 g/mol. The van der Waals surface area contributed by atoms with Crippen molar-refractivity contribution in [3.63, 3.8) is 0 Å². The van der Waals surface area contributed by atoms with Crippen LogP contribution in [0.1, 0.15) is 6.92 Å². The van der Waals surface area contributed by atoms with Gasteiger partial charge < -0.3 is 10.2 Å². The molecule has 17 heavy (non-hydrogen) atoms. The molecular formula is C11H14FN3O2. The first kappa shape index (κ1) is 11.8. The molecule has 1 aromatic rings. The van der Waals surface area contributed by atoms with Gasteiger partial charge in [-0.25, -0.2) is 0 Å². The molecule has 0 aliphatic carbocycles. The van der Waals surface area contributed by atoms with E-state index in [2.05, 4.69) is 5.32 Å². The Morgan fingerprint density at radius 3 is 3.00 bits per heavy atom. The Kier molecular flexibility index (Phi) is 3.23. The Morgan fingerprint density at radius 2 is 2.35 bits per heavy atom. The van der Waals surface area contributed by atoms with Crippen LogP contribution in [-0.4, -0.2) is 30.6 Å². The van der Waals surface area contributed by atoms with E-state index in [9.17, 15) is 14.5 Å². The highest BCUT2D eigenvalue weighted by atomic mass is 19.1. The lowest BCUT2D eigenvalue weighted by molar-refractivity contribution is -0.386. The summed E-state index contributed by atoms with van der Waals surface area (Å²) in [5, 5.41) is 14.1. The van der Waals surface area contributed by atoms with Crippen molar-refractivity contribution in [2.75, 3.05) is 24.5 Å². The molecule has 1 N–H and O–H groups in total. The maximum atomic E-state index is 13.5. The molecule has 0 aromatic heterocycles. The topological polar surface area (TPSA) is 58.4 Å². The number of halogens is 1. The Balaban J connectivity index is 2.37. The van der Waals surface area contributed by atoms with Gasteiger partial charge in [0.05, 0.1) is 4.92 Å². The quantitative estimate of drug-likeness (QED) is 0.628. The van der Waals surface area contributed by atoms with Crippen molar-refractivity contribution in [3.05, 3.63) is 34.1 Å². The molecule has 0 spiro atoms. The van der Waals surface area contributed by atoms with Gasteiger partial charge in [-0.15, -0.1) is 0 Å². The number of piperazine rings is 1. The van der Waals surface area contributed by atoms with Crippen molar-refractivity contribution in [3.8, 4) is 0 Å². The summed E-state index contributed by atoms with van der Waals surface area (Å²) in [6.45, 7) is 4.03. The third-order valence-electron chi connectivity index (χ3n) is 2.86. The molecule has 5 nitrogen and oxygen atoms in total. The van der Waals surface area contributed by atoms with Gasteiger partial charge in [-0.05, 0) is 19.1 Å². The smallest absolute Gasteiger partial charge is 0.327 e. The van der Waals surface area contributed by atoms with Crippen LogP contribution < -0.4 is 10.2 Å². The third-order valence-corrected chi connectivity index (χ3v) is 2.86. The number of nitrogens with zero attached hydrogens (tertiary/aromatic N) is 2. The van der Waals surface area contributed by atoms with Gasteiger partial charge in [0.25, 0.3) is 0 Å². The van der Waals surface area contributed by atoms with Crippen molar-refractivity contribution >= 4 is 11.4 Å². The standard InChI is InChI=1S/C11H14FN3O2/c1-8-7-14(6-5-13-8)10-4-2-3-9(12)11(10)15(16)17/h2-4,8,13H,5-7H2,1H3/t8-/m0/s1. The van der Waals surface area contributed by atoms with Gasteiger partial charge in [-0.2, -0.15) is 4.39 Å². The minimum atomic E-state index is -0.779. The maximum Gasteiger partial charge on any atom is 0.327 e. The first-order chi connectivity index (χ1) is 8.09. The second kappa shape index (κ2) is 4.67. The highest BCUT2D eigenvalue weighted by Gasteiger charge is 2.26. The molecule has 1 saturated heterocycles. The van der Waals surface area contributed by atoms with E-state index in [0.717, 1.165) is 12.6 Å². The van der Waals surface area contributed by atoms with E-state index in [1.54, 1.807) is 6.07 Å². The fraction of sp³-hybridized carbons (Fsp3) is 0.455. The van der Waals surface area contributed by atoms with E-state index in [1.807, 2.05) is 11.8 Å². The average Bonchev–Trinajstić information content (AvgIpc) is 2.28. The minimum absolute atomic E-state index is 0.242. The summed E-state index contributed by atoms with van der Waals surface area (Å²) in [6, 6.07) is 4.46. The van der Waals surface area contributed by atoms with Crippen LogP contribution in [0.25, 0.3) is 0 Å². The number of benzene rings is 1. The number of nitro benzene ring substituents is 1. The molecule has 92 valence electrons. The van der Waals surface area contributed by atoms with Crippen molar-refractivity contribution in [1.29, 1.82) is 0 Å². The molecule has 2 rings (SSSR count). The molecule has 0 bridgehead atoms. The van der Waals surface area contributed by atoms with Crippen LogP contribution in [0.5, 0.6) is 0 Å². The summed E-state index contributed by atoms with van der Waals surface area (Å²) in [5.41, 5.74) is -0.0649. The molecule has 1 fully saturated rings. The fourth-order valence-electron chi connectivity index (χ4n) is 2.09. The summed E-state index contributed by atoms with van der Waals surface area (Å²) in [5.74, 6) is -0.779. The zero-order valence-corrected chi connectivity index (χ0v) is 9.52. The van der Waals surface area contributed by atoms with Gasteiger partial charge in [0, 0.05) is 25.7 Å². The lowest BCUT2D eigenvalue weighted by Crippen LogP contribution is -2.49. The van der Waals surface area contributed by atoms with Gasteiger partial charge in [0.2, 0.25) is 5.82 Å². The zero-order chi connectivity index (χ0) is 12.4. The maximum absolute atomic E-state index is 13.5. The van der Waals surface area contributed by atoms with Gasteiger partial charge >= 0.3 is 5.69 Å². The number of hydrogen-bond acceptors (Lipinski definition) is 4. The van der Waals surface area contributed by atoms with Crippen LogP contribution in [0.2, 0.25) is 0 Å². The summed E-state index contributed by atoms with van der Waals surface area (Å²) >= 11 is 0.